The van der Waals surface area contributed by atoms with E-state index in [1.807, 2.05) is 0 Å². The second-order valence-electron chi connectivity index (χ2n) is 6.69. The summed E-state index contributed by atoms with van der Waals surface area (Å²) in [5, 5.41) is 10.6. The van der Waals surface area contributed by atoms with Gasteiger partial charge in [0.05, 0.1) is 21.5 Å². The highest BCUT2D eigenvalue weighted by atomic mass is 35.5. The van der Waals surface area contributed by atoms with Gasteiger partial charge in [-0.25, -0.2) is 8.42 Å². The van der Waals surface area contributed by atoms with Crippen LogP contribution in [0.2, 0.25) is 15.1 Å². The van der Waals surface area contributed by atoms with Gasteiger partial charge in [-0.15, -0.1) is 0 Å². The van der Waals surface area contributed by atoms with E-state index in [-0.39, 0.29) is 16.4 Å². The van der Waals surface area contributed by atoms with E-state index in [2.05, 4.69) is 0 Å². The fourth-order valence-corrected chi connectivity index (χ4v) is 4.74. The van der Waals surface area contributed by atoms with Crippen LogP contribution in [-0.2, 0) is 16.4 Å². The molecule has 0 aliphatic rings. The van der Waals surface area contributed by atoms with Crippen LogP contribution in [0.4, 0.5) is 0 Å². The number of benzene rings is 3. The lowest BCUT2D eigenvalue weighted by Gasteiger charge is -2.14. The summed E-state index contributed by atoms with van der Waals surface area (Å²) < 4.78 is 37.1. The van der Waals surface area contributed by atoms with Crippen molar-refractivity contribution in [1.29, 1.82) is 5.26 Å². The molecule has 0 saturated carbocycles. The van der Waals surface area contributed by atoms with E-state index in [1.54, 1.807) is 61.5 Å². The first-order valence-corrected chi connectivity index (χ1v) is 12.3. The average Bonchev–Trinajstić information content (AvgIpc) is 2.81. The molecule has 9 heteroatoms. The molecular formula is C24H18Cl3NO4S. The predicted octanol–water partition coefficient (Wildman–Crippen LogP) is 6.96. The molecule has 0 spiro atoms. The third-order valence-corrected chi connectivity index (χ3v) is 7.41. The van der Waals surface area contributed by atoms with Gasteiger partial charge in [-0.1, -0.05) is 59.1 Å². The normalized spacial score (nSPS) is 11.7. The quantitative estimate of drug-likeness (QED) is 0.236. The fraction of sp³-hybridized carbons (Fsp3) is 0.125. The third-order valence-electron chi connectivity index (χ3n) is 4.53. The first-order chi connectivity index (χ1) is 15.8. The molecule has 0 fully saturated rings. The van der Waals surface area contributed by atoms with Crippen molar-refractivity contribution in [1.82, 2.24) is 0 Å². The average molecular weight is 523 g/mol. The number of ether oxygens (including phenoxy) is 2. The standard InChI is InChI=1S/C24H18Cl3NO4S/c1-2-31-23-13-16(12-18(14-28)33(29,30)17-6-4-3-5-7-17)8-11-22(23)32-15-19-20(25)9-10-21(26)24(19)27/h3-13H,2,15H2,1H3. The molecule has 0 atom stereocenters. The van der Waals surface area contributed by atoms with Crippen molar-refractivity contribution in [2.45, 2.75) is 18.4 Å². The van der Waals surface area contributed by atoms with Crippen LogP contribution in [0.25, 0.3) is 6.08 Å². The Hall–Kier alpha value is -2.69. The van der Waals surface area contributed by atoms with Crippen molar-refractivity contribution in [2.75, 3.05) is 6.61 Å². The maximum atomic E-state index is 12.8. The lowest BCUT2D eigenvalue weighted by molar-refractivity contribution is 0.269. The number of rotatable bonds is 8. The first-order valence-electron chi connectivity index (χ1n) is 9.72. The lowest BCUT2D eigenvalue weighted by atomic mass is 10.2. The van der Waals surface area contributed by atoms with Gasteiger partial charge >= 0.3 is 0 Å². The van der Waals surface area contributed by atoms with Crippen molar-refractivity contribution in [2.24, 2.45) is 0 Å². The fourth-order valence-electron chi connectivity index (χ4n) is 2.90. The van der Waals surface area contributed by atoms with Gasteiger partial charge in [0.25, 0.3) is 0 Å². The zero-order valence-electron chi connectivity index (χ0n) is 17.4. The van der Waals surface area contributed by atoms with Crippen LogP contribution in [0.5, 0.6) is 11.5 Å². The van der Waals surface area contributed by atoms with Gasteiger partial charge in [-0.3, -0.25) is 0 Å². The van der Waals surface area contributed by atoms with Crippen molar-refractivity contribution < 1.29 is 17.9 Å². The Balaban J connectivity index is 1.93. The van der Waals surface area contributed by atoms with E-state index < -0.39 is 9.84 Å². The van der Waals surface area contributed by atoms with E-state index >= 15 is 0 Å². The molecule has 0 N–H and O–H groups in total. The Bertz CT molecular complexity index is 1330. The Morgan fingerprint density at radius 3 is 2.33 bits per heavy atom. The molecule has 0 radical (unpaired) electrons. The Morgan fingerprint density at radius 2 is 1.67 bits per heavy atom. The van der Waals surface area contributed by atoms with Crippen LogP contribution in [0.1, 0.15) is 18.1 Å². The van der Waals surface area contributed by atoms with Crippen LogP contribution < -0.4 is 9.47 Å². The molecule has 0 heterocycles. The zero-order chi connectivity index (χ0) is 24.0. The molecule has 0 unspecified atom stereocenters. The molecule has 0 aromatic heterocycles. The van der Waals surface area contributed by atoms with Crippen LogP contribution in [0.15, 0.2) is 70.5 Å². The van der Waals surface area contributed by atoms with Gasteiger partial charge in [-0.05, 0) is 55.0 Å². The number of hydrogen-bond acceptors (Lipinski definition) is 5. The number of halogens is 3. The van der Waals surface area contributed by atoms with Crippen molar-refractivity contribution >= 4 is 50.7 Å². The molecule has 0 aliphatic heterocycles. The summed E-state index contributed by atoms with van der Waals surface area (Å²) in [6, 6.07) is 17.6. The summed E-state index contributed by atoms with van der Waals surface area (Å²) in [6.07, 6.45) is 1.29. The molecule has 0 saturated heterocycles. The van der Waals surface area contributed by atoms with E-state index in [0.29, 0.717) is 44.3 Å². The second-order valence-corrected chi connectivity index (χ2v) is 9.80. The number of sulfone groups is 1. The minimum atomic E-state index is -3.96. The van der Waals surface area contributed by atoms with E-state index in [0.717, 1.165) is 0 Å². The van der Waals surface area contributed by atoms with Gasteiger partial charge in [-0.2, -0.15) is 5.26 Å². The summed E-state index contributed by atoms with van der Waals surface area (Å²) in [7, 11) is -3.96. The van der Waals surface area contributed by atoms with Crippen LogP contribution in [0.3, 0.4) is 0 Å². The summed E-state index contributed by atoms with van der Waals surface area (Å²) in [6.45, 7) is 2.19. The largest absolute Gasteiger partial charge is 0.490 e. The van der Waals surface area contributed by atoms with Crippen LogP contribution >= 0.6 is 34.8 Å². The SMILES string of the molecule is CCOc1cc(C=C(C#N)S(=O)(=O)c2ccccc2)ccc1OCc1c(Cl)ccc(Cl)c1Cl. The van der Waals surface area contributed by atoms with Crippen molar-refractivity contribution in [3.05, 3.63) is 91.8 Å². The number of allylic oxidation sites excluding steroid dienone is 1. The predicted molar refractivity (Wildman–Crippen MR) is 131 cm³/mol. The van der Waals surface area contributed by atoms with Gasteiger partial charge in [0.1, 0.15) is 17.6 Å². The lowest BCUT2D eigenvalue weighted by Crippen LogP contribution is -2.04. The Morgan fingerprint density at radius 1 is 0.970 bits per heavy atom. The Labute approximate surface area is 207 Å². The number of hydrogen-bond donors (Lipinski definition) is 0. The van der Waals surface area contributed by atoms with E-state index in [4.69, 9.17) is 44.3 Å². The molecule has 3 rings (SSSR count). The van der Waals surface area contributed by atoms with Crippen molar-refractivity contribution in [3.63, 3.8) is 0 Å². The highest BCUT2D eigenvalue weighted by Gasteiger charge is 2.21. The molecule has 3 aromatic rings. The summed E-state index contributed by atoms with van der Waals surface area (Å²) >= 11 is 18.5. The molecule has 0 bridgehead atoms. The van der Waals surface area contributed by atoms with E-state index in [1.165, 1.54) is 18.2 Å². The number of nitrogens with zero attached hydrogens (tertiary/aromatic N) is 1. The molecular weight excluding hydrogens is 505 g/mol. The maximum absolute atomic E-state index is 12.8. The van der Waals surface area contributed by atoms with E-state index in [9.17, 15) is 13.7 Å². The zero-order valence-corrected chi connectivity index (χ0v) is 20.5. The minimum Gasteiger partial charge on any atom is -0.490 e. The van der Waals surface area contributed by atoms with Gasteiger partial charge < -0.3 is 9.47 Å². The third kappa shape index (κ3) is 5.82. The summed E-state index contributed by atoms with van der Waals surface area (Å²) in [4.78, 5) is -0.347. The first kappa shape index (κ1) is 24.9. The summed E-state index contributed by atoms with van der Waals surface area (Å²) in [5.41, 5.74) is 0.985. The van der Waals surface area contributed by atoms with Crippen LogP contribution in [-0.4, -0.2) is 15.0 Å². The highest BCUT2D eigenvalue weighted by Crippen LogP contribution is 2.35. The van der Waals surface area contributed by atoms with Gasteiger partial charge in [0.15, 0.2) is 11.5 Å². The Kier molecular flexibility index (Phi) is 8.28. The van der Waals surface area contributed by atoms with Gasteiger partial charge in [0.2, 0.25) is 9.84 Å². The highest BCUT2D eigenvalue weighted by molar-refractivity contribution is 7.95. The molecule has 33 heavy (non-hydrogen) atoms. The summed E-state index contributed by atoms with van der Waals surface area (Å²) in [5.74, 6) is 0.764. The maximum Gasteiger partial charge on any atom is 0.216 e. The molecule has 170 valence electrons. The van der Waals surface area contributed by atoms with Crippen molar-refractivity contribution in [3.8, 4) is 17.6 Å². The minimum absolute atomic E-state index is 0.0399. The molecule has 3 aromatic carbocycles. The van der Waals surface area contributed by atoms with Crippen LogP contribution in [0, 0.1) is 11.3 Å². The monoisotopic (exact) mass is 521 g/mol. The molecule has 0 aliphatic carbocycles. The molecule has 0 amide bonds. The molecule has 5 nitrogen and oxygen atoms in total. The second kappa shape index (κ2) is 11.0. The van der Waals surface area contributed by atoms with Gasteiger partial charge in [0, 0.05) is 10.6 Å². The number of nitriles is 1. The smallest absolute Gasteiger partial charge is 0.216 e. The topological polar surface area (TPSA) is 76.4 Å².